The number of hydrazine groups is 1. The fourth-order valence-electron chi connectivity index (χ4n) is 2.19. The molecule has 0 bridgehead atoms. The van der Waals surface area contributed by atoms with E-state index in [2.05, 4.69) is 26.2 Å². The third-order valence-corrected chi connectivity index (χ3v) is 3.50. The van der Waals surface area contributed by atoms with E-state index in [1.807, 2.05) is 0 Å². The molecular formula is C10H22N2. The van der Waals surface area contributed by atoms with Crippen molar-refractivity contribution in [1.82, 2.24) is 5.43 Å². The Labute approximate surface area is 75.9 Å². The van der Waals surface area contributed by atoms with Gasteiger partial charge in [-0.2, -0.15) is 0 Å². The molecular weight excluding hydrogens is 148 g/mol. The molecule has 3 atom stereocenters. The van der Waals surface area contributed by atoms with Crippen LogP contribution in [-0.4, -0.2) is 6.04 Å². The van der Waals surface area contributed by atoms with Gasteiger partial charge in [0.15, 0.2) is 0 Å². The van der Waals surface area contributed by atoms with Crippen molar-refractivity contribution in [1.29, 1.82) is 0 Å². The molecule has 1 aliphatic rings. The lowest BCUT2D eigenvalue weighted by Gasteiger charge is -2.22. The lowest BCUT2D eigenvalue weighted by atomic mass is 9.84. The summed E-state index contributed by atoms with van der Waals surface area (Å²) in [7, 11) is 0. The molecule has 1 fully saturated rings. The highest BCUT2D eigenvalue weighted by atomic mass is 15.2. The normalized spacial score (nSPS) is 32.8. The number of hydrogen-bond donors (Lipinski definition) is 2. The monoisotopic (exact) mass is 170 g/mol. The summed E-state index contributed by atoms with van der Waals surface area (Å²) < 4.78 is 0. The predicted molar refractivity (Wildman–Crippen MR) is 52.5 cm³/mol. The Hall–Kier alpha value is -0.0800. The first-order chi connectivity index (χ1) is 5.65. The predicted octanol–water partition coefficient (Wildman–Crippen LogP) is 1.91. The topological polar surface area (TPSA) is 38.0 Å². The molecule has 0 aromatic heterocycles. The van der Waals surface area contributed by atoms with Gasteiger partial charge in [0.25, 0.3) is 0 Å². The van der Waals surface area contributed by atoms with Crippen LogP contribution in [0.5, 0.6) is 0 Å². The second-order valence-electron chi connectivity index (χ2n) is 4.54. The van der Waals surface area contributed by atoms with Crippen LogP contribution < -0.4 is 11.3 Å². The average Bonchev–Trinajstić information content (AvgIpc) is 2.50. The summed E-state index contributed by atoms with van der Waals surface area (Å²) in [6, 6.07) is 0.580. The van der Waals surface area contributed by atoms with Crippen LogP contribution in [0.3, 0.4) is 0 Å². The van der Waals surface area contributed by atoms with Crippen LogP contribution >= 0.6 is 0 Å². The average molecular weight is 170 g/mol. The highest BCUT2D eigenvalue weighted by molar-refractivity contribution is 4.82. The van der Waals surface area contributed by atoms with Crippen LogP contribution in [0.1, 0.15) is 40.0 Å². The van der Waals surface area contributed by atoms with Crippen molar-refractivity contribution in [3.8, 4) is 0 Å². The maximum atomic E-state index is 5.42. The molecule has 0 aromatic carbocycles. The molecule has 0 amide bonds. The molecule has 0 aliphatic heterocycles. The molecule has 0 saturated heterocycles. The standard InChI is InChI=1S/C10H22N2/c1-7(2)8(3)9-4-5-10(6-9)12-11/h7-10,12H,4-6,11H2,1-3H3. The highest BCUT2D eigenvalue weighted by Crippen LogP contribution is 2.34. The summed E-state index contributed by atoms with van der Waals surface area (Å²) in [5.41, 5.74) is 2.89. The van der Waals surface area contributed by atoms with Crippen LogP contribution in [0.15, 0.2) is 0 Å². The van der Waals surface area contributed by atoms with Gasteiger partial charge in [0, 0.05) is 6.04 Å². The second kappa shape index (κ2) is 4.24. The van der Waals surface area contributed by atoms with Crippen LogP contribution in [0.4, 0.5) is 0 Å². The molecule has 0 aromatic rings. The molecule has 72 valence electrons. The van der Waals surface area contributed by atoms with Crippen molar-refractivity contribution in [3.63, 3.8) is 0 Å². The van der Waals surface area contributed by atoms with Gasteiger partial charge in [0.1, 0.15) is 0 Å². The molecule has 1 saturated carbocycles. The van der Waals surface area contributed by atoms with Crippen molar-refractivity contribution in [2.24, 2.45) is 23.6 Å². The number of nitrogens with one attached hydrogen (secondary N) is 1. The zero-order valence-electron chi connectivity index (χ0n) is 8.51. The van der Waals surface area contributed by atoms with E-state index in [1.165, 1.54) is 19.3 Å². The van der Waals surface area contributed by atoms with Gasteiger partial charge in [0.05, 0.1) is 0 Å². The molecule has 2 heteroatoms. The second-order valence-corrected chi connectivity index (χ2v) is 4.54. The van der Waals surface area contributed by atoms with Gasteiger partial charge in [-0.15, -0.1) is 0 Å². The Balaban J connectivity index is 2.35. The van der Waals surface area contributed by atoms with Crippen molar-refractivity contribution < 1.29 is 0 Å². The largest absolute Gasteiger partial charge is 0.271 e. The summed E-state index contributed by atoms with van der Waals surface area (Å²) in [4.78, 5) is 0. The molecule has 1 rings (SSSR count). The van der Waals surface area contributed by atoms with E-state index < -0.39 is 0 Å². The zero-order valence-corrected chi connectivity index (χ0v) is 8.51. The Morgan fingerprint density at radius 2 is 1.92 bits per heavy atom. The SMILES string of the molecule is CC(C)C(C)C1CCC(NN)C1. The van der Waals surface area contributed by atoms with Crippen LogP contribution in [0, 0.1) is 17.8 Å². The van der Waals surface area contributed by atoms with Crippen molar-refractivity contribution in [2.45, 2.75) is 46.1 Å². The lowest BCUT2D eigenvalue weighted by molar-refractivity contribution is 0.277. The van der Waals surface area contributed by atoms with E-state index in [-0.39, 0.29) is 0 Å². The van der Waals surface area contributed by atoms with E-state index >= 15 is 0 Å². The van der Waals surface area contributed by atoms with E-state index in [9.17, 15) is 0 Å². The van der Waals surface area contributed by atoms with Gasteiger partial charge in [0.2, 0.25) is 0 Å². The highest BCUT2D eigenvalue weighted by Gasteiger charge is 2.28. The van der Waals surface area contributed by atoms with Gasteiger partial charge in [-0.05, 0) is 37.0 Å². The van der Waals surface area contributed by atoms with E-state index in [1.54, 1.807) is 0 Å². The maximum absolute atomic E-state index is 5.42. The molecule has 3 N–H and O–H groups in total. The Kier molecular flexibility index (Phi) is 3.53. The molecule has 0 radical (unpaired) electrons. The smallest absolute Gasteiger partial charge is 0.0213 e. The van der Waals surface area contributed by atoms with Crippen molar-refractivity contribution in [3.05, 3.63) is 0 Å². The van der Waals surface area contributed by atoms with Crippen molar-refractivity contribution >= 4 is 0 Å². The van der Waals surface area contributed by atoms with E-state index in [4.69, 9.17) is 5.84 Å². The maximum Gasteiger partial charge on any atom is 0.0213 e. The number of nitrogens with two attached hydrogens (primary N) is 1. The van der Waals surface area contributed by atoms with Gasteiger partial charge < -0.3 is 0 Å². The quantitative estimate of drug-likeness (QED) is 0.501. The number of rotatable bonds is 3. The van der Waals surface area contributed by atoms with E-state index in [0.29, 0.717) is 6.04 Å². The first-order valence-corrected chi connectivity index (χ1v) is 5.11. The third kappa shape index (κ3) is 2.20. The van der Waals surface area contributed by atoms with Gasteiger partial charge >= 0.3 is 0 Å². The molecule has 1 aliphatic carbocycles. The third-order valence-electron chi connectivity index (χ3n) is 3.50. The van der Waals surface area contributed by atoms with Gasteiger partial charge in [-0.1, -0.05) is 20.8 Å². The molecule has 0 spiro atoms. The minimum atomic E-state index is 0.580. The minimum absolute atomic E-state index is 0.580. The van der Waals surface area contributed by atoms with Crippen molar-refractivity contribution in [2.75, 3.05) is 0 Å². The summed E-state index contributed by atoms with van der Waals surface area (Å²) in [5, 5.41) is 0. The fourth-order valence-corrected chi connectivity index (χ4v) is 2.19. The fraction of sp³-hybridized carbons (Fsp3) is 1.00. The minimum Gasteiger partial charge on any atom is -0.271 e. The first-order valence-electron chi connectivity index (χ1n) is 5.11. The van der Waals surface area contributed by atoms with Gasteiger partial charge in [-0.25, -0.2) is 0 Å². The molecule has 12 heavy (non-hydrogen) atoms. The zero-order chi connectivity index (χ0) is 9.14. The van der Waals surface area contributed by atoms with Crippen LogP contribution in [0.2, 0.25) is 0 Å². The molecule has 0 heterocycles. The Morgan fingerprint density at radius 1 is 1.25 bits per heavy atom. The summed E-state index contributed by atoms with van der Waals surface area (Å²) in [6.45, 7) is 7.00. The summed E-state index contributed by atoms with van der Waals surface area (Å²) in [6.07, 6.45) is 3.89. The number of hydrogen-bond acceptors (Lipinski definition) is 2. The van der Waals surface area contributed by atoms with Gasteiger partial charge in [-0.3, -0.25) is 11.3 Å². The Morgan fingerprint density at radius 3 is 2.33 bits per heavy atom. The lowest BCUT2D eigenvalue weighted by Crippen LogP contribution is -2.33. The first kappa shape index (κ1) is 10.0. The molecule has 3 unspecified atom stereocenters. The molecule has 2 nitrogen and oxygen atoms in total. The van der Waals surface area contributed by atoms with E-state index in [0.717, 1.165) is 17.8 Å². The van der Waals surface area contributed by atoms with Crippen LogP contribution in [0.25, 0.3) is 0 Å². The van der Waals surface area contributed by atoms with Crippen LogP contribution in [-0.2, 0) is 0 Å². The Bertz CT molecular complexity index is 134. The summed E-state index contributed by atoms with van der Waals surface area (Å²) in [5.74, 6) is 7.98. The summed E-state index contributed by atoms with van der Waals surface area (Å²) >= 11 is 0.